The van der Waals surface area contributed by atoms with Crippen molar-refractivity contribution in [3.05, 3.63) is 30.0 Å². The van der Waals surface area contributed by atoms with Gasteiger partial charge in [-0.15, -0.1) is 0 Å². The summed E-state index contributed by atoms with van der Waals surface area (Å²) in [4.78, 5) is 12.3. The Hall–Kier alpha value is -1.72. The van der Waals surface area contributed by atoms with Crippen LogP contribution in [0.4, 0.5) is 0 Å². The number of nitrogens with two attached hydrogens (primary N) is 1. The zero-order valence-electron chi connectivity index (χ0n) is 10.9. The summed E-state index contributed by atoms with van der Waals surface area (Å²) in [6, 6.07) is 7.75. The van der Waals surface area contributed by atoms with Crippen molar-refractivity contribution < 1.29 is 9.53 Å². The van der Waals surface area contributed by atoms with Crippen LogP contribution in [0, 0.1) is 5.92 Å². The second-order valence-corrected chi connectivity index (χ2v) is 5.04. The Kier molecular flexibility index (Phi) is 3.08. The summed E-state index contributed by atoms with van der Waals surface area (Å²) in [7, 11) is 1.89. The molecule has 0 bridgehead atoms. The number of aromatic nitrogens is 2. The Morgan fingerprint density at radius 1 is 1.47 bits per heavy atom. The molecule has 1 saturated heterocycles. The molecule has 0 aliphatic carbocycles. The van der Waals surface area contributed by atoms with Crippen LogP contribution in [0.1, 0.15) is 5.69 Å². The molecule has 5 nitrogen and oxygen atoms in total. The number of hydrogen-bond acceptors (Lipinski definition) is 4. The largest absolute Gasteiger partial charge is 0.379 e. The highest BCUT2D eigenvalue weighted by molar-refractivity contribution is 5.90. The number of carbonyl (C=O) groups is 1. The number of benzene rings is 1. The van der Waals surface area contributed by atoms with E-state index in [1.807, 2.05) is 36.0 Å². The van der Waals surface area contributed by atoms with Gasteiger partial charge in [0, 0.05) is 18.5 Å². The summed E-state index contributed by atoms with van der Waals surface area (Å²) in [6.45, 7) is 0.907. The molecule has 0 saturated carbocycles. The number of Topliss-reactive ketones (excluding diaryl/α,β-unsaturated/α-hetero) is 1. The lowest BCUT2D eigenvalue weighted by Crippen LogP contribution is -2.35. The number of hydrogen-bond donors (Lipinski definition) is 1. The molecule has 2 N–H and O–H groups in total. The average molecular weight is 259 g/mol. The van der Waals surface area contributed by atoms with Gasteiger partial charge in [0.15, 0.2) is 0 Å². The van der Waals surface area contributed by atoms with Crippen molar-refractivity contribution in [2.45, 2.75) is 12.5 Å². The van der Waals surface area contributed by atoms with Crippen molar-refractivity contribution in [3.8, 4) is 0 Å². The first-order valence-electron chi connectivity index (χ1n) is 6.43. The van der Waals surface area contributed by atoms with Crippen LogP contribution in [0.15, 0.2) is 24.3 Å². The predicted molar refractivity (Wildman–Crippen MR) is 71.7 cm³/mol. The maximum absolute atomic E-state index is 12.3. The quantitative estimate of drug-likeness (QED) is 0.879. The van der Waals surface area contributed by atoms with Gasteiger partial charge in [0.1, 0.15) is 5.78 Å². The normalized spacial score (nSPS) is 23.1. The van der Waals surface area contributed by atoms with Crippen LogP contribution < -0.4 is 5.73 Å². The molecular weight excluding hydrogens is 242 g/mol. The van der Waals surface area contributed by atoms with Crippen LogP contribution in [0.3, 0.4) is 0 Å². The zero-order chi connectivity index (χ0) is 13.4. The standard InChI is InChI=1S/C14H17N3O2/c1-17-13-5-3-2-4-9(13)12(16-17)6-14(18)10-7-19-8-11(10)15/h2-5,10-11H,6-8,15H2,1H3. The second-order valence-electron chi connectivity index (χ2n) is 5.04. The molecule has 3 rings (SSSR count). The fourth-order valence-corrected chi connectivity index (χ4v) is 2.62. The van der Waals surface area contributed by atoms with Gasteiger partial charge < -0.3 is 10.5 Å². The van der Waals surface area contributed by atoms with Gasteiger partial charge in [0.05, 0.1) is 36.8 Å². The first-order valence-corrected chi connectivity index (χ1v) is 6.43. The van der Waals surface area contributed by atoms with Crippen molar-refractivity contribution in [3.63, 3.8) is 0 Å². The van der Waals surface area contributed by atoms with E-state index in [-0.39, 0.29) is 17.7 Å². The molecule has 1 aromatic carbocycles. The Balaban J connectivity index is 1.87. The van der Waals surface area contributed by atoms with Crippen LogP contribution in [-0.4, -0.2) is 34.8 Å². The first kappa shape index (κ1) is 12.3. The van der Waals surface area contributed by atoms with E-state index in [0.717, 1.165) is 16.6 Å². The fourth-order valence-electron chi connectivity index (χ4n) is 2.62. The first-order chi connectivity index (χ1) is 9.16. The van der Waals surface area contributed by atoms with Gasteiger partial charge in [0.2, 0.25) is 0 Å². The monoisotopic (exact) mass is 259 g/mol. The maximum atomic E-state index is 12.3. The molecule has 5 heteroatoms. The lowest BCUT2D eigenvalue weighted by molar-refractivity contribution is -0.122. The number of rotatable bonds is 3. The van der Waals surface area contributed by atoms with Crippen molar-refractivity contribution in [2.75, 3.05) is 13.2 Å². The van der Waals surface area contributed by atoms with E-state index < -0.39 is 0 Å². The fraction of sp³-hybridized carbons (Fsp3) is 0.429. The molecule has 2 unspecified atom stereocenters. The molecule has 2 aromatic rings. The van der Waals surface area contributed by atoms with E-state index in [9.17, 15) is 4.79 Å². The van der Waals surface area contributed by atoms with E-state index in [1.165, 1.54) is 0 Å². The number of carbonyl (C=O) groups excluding carboxylic acids is 1. The minimum absolute atomic E-state index is 0.119. The summed E-state index contributed by atoms with van der Waals surface area (Å²) in [5, 5.41) is 5.47. The lowest BCUT2D eigenvalue weighted by Gasteiger charge is -2.10. The van der Waals surface area contributed by atoms with Gasteiger partial charge in [-0.25, -0.2) is 0 Å². The van der Waals surface area contributed by atoms with Crippen molar-refractivity contribution in [2.24, 2.45) is 18.7 Å². The van der Waals surface area contributed by atoms with Crippen molar-refractivity contribution in [1.82, 2.24) is 9.78 Å². The number of ketones is 1. The van der Waals surface area contributed by atoms with Gasteiger partial charge in [-0.1, -0.05) is 18.2 Å². The summed E-state index contributed by atoms with van der Waals surface area (Å²) < 4.78 is 7.06. The second kappa shape index (κ2) is 4.75. The maximum Gasteiger partial charge on any atom is 0.145 e. The van der Waals surface area contributed by atoms with E-state index in [0.29, 0.717) is 19.6 Å². The van der Waals surface area contributed by atoms with Crippen LogP contribution in [0.2, 0.25) is 0 Å². The highest BCUT2D eigenvalue weighted by atomic mass is 16.5. The molecular formula is C14H17N3O2. The summed E-state index contributed by atoms with van der Waals surface area (Å²) in [5.41, 5.74) is 7.74. The van der Waals surface area contributed by atoms with Gasteiger partial charge in [-0.2, -0.15) is 5.10 Å². The van der Waals surface area contributed by atoms with Gasteiger partial charge in [-0.05, 0) is 6.07 Å². The van der Waals surface area contributed by atoms with E-state index in [2.05, 4.69) is 5.10 Å². The third kappa shape index (κ3) is 2.15. The number of para-hydroxylation sites is 1. The molecule has 1 aliphatic heterocycles. The number of nitrogens with zero attached hydrogens (tertiary/aromatic N) is 2. The molecule has 2 atom stereocenters. The molecule has 1 aromatic heterocycles. The summed E-state index contributed by atoms with van der Waals surface area (Å²) >= 11 is 0. The Morgan fingerprint density at radius 2 is 2.26 bits per heavy atom. The molecule has 0 spiro atoms. The van der Waals surface area contributed by atoms with Crippen molar-refractivity contribution >= 4 is 16.7 Å². The van der Waals surface area contributed by atoms with E-state index >= 15 is 0 Å². The number of ether oxygens (including phenoxy) is 1. The molecule has 0 radical (unpaired) electrons. The van der Waals surface area contributed by atoms with Crippen molar-refractivity contribution in [1.29, 1.82) is 0 Å². The third-order valence-corrected chi connectivity index (χ3v) is 3.71. The highest BCUT2D eigenvalue weighted by Gasteiger charge is 2.31. The van der Waals surface area contributed by atoms with Crippen LogP contribution in [0.25, 0.3) is 10.9 Å². The predicted octanol–water partition coefficient (Wildman–Crippen LogP) is 0.659. The molecule has 1 fully saturated rings. The van der Waals surface area contributed by atoms with E-state index in [4.69, 9.17) is 10.5 Å². The zero-order valence-corrected chi connectivity index (χ0v) is 10.9. The van der Waals surface area contributed by atoms with E-state index in [1.54, 1.807) is 0 Å². The molecule has 1 aliphatic rings. The molecule has 100 valence electrons. The Labute approximate surface area is 111 Å². The minimum Gasteiger partial charge on any atom is -0.379 e. The third-order valence-electron chi connectivity index (χ3n) is 3.71. The number of fused-ring (bicyclic) bond motifs is 1. The van der Waals surface area contributed by atoms with Crippen LogP contribution in [-0.2, 0) is 23.0 Å². The molecule has 2 heterocycles. The van der Waals surface area contributed by atoms with Gasteiger partial charge in [-0.3, -0.25) is 9.48 Å². The smallest absolute Gasteiger partial charge is 0.145 e. The minimum atomic E-state index is -0.194. The Morgan fingerprint density at radius 3 is 3.00 bits per heavy atom. The lowest BCUT2D eigenvalue weighted by atomic mass is 9.95. The average Bonchev–Trinajstić information content (AvgIpc) is 2.95. The highest BCUT2D eigenvalue weighted by Crippen LogP contribution is 2.21. The van der Waals surface area contributed by atoms with Gasteiger partial charge >= 0.3 is 0 Å². The topological polar surface area (TPSA) is 70.1 Å². The summed E-state index contributed by atoms with van der Waals surface area (Å²) in [6.07, 6.45) is 0.322. The Bertz CT molecular complexity index is 620. The summed E-state index contributed by atoms with van der Waals surface area (Å²) in [5.74, 6) is -0.0744. The molecule has 19 heavy (non-hydrogen) atoms. The SMILES string of the molecule is Cn1nc(CC(=O)C2COCC2N)c2ccccc21. The van der Waals surface area contributed by atoms with Crippen LogP contribution in [0.5, 0.6) is 0 Å². The van der Waals surface area contributed by atoms with Crippen LogP contribution >= 0.6 is 0 Å². The molecule has 0 amide bonds. The number of aryl methyl sites for hydroxylation is 1. The van der Waals surface area contributed by atoms with Gasteiger partial charge in [0.25, 0.3) is 0 Å².